The highest BCUT2D eigenvalue weighted by molar-refractivity contribution is 6.42. The van der Waals surface area contributed by atoms with Crippen molar-refractivity contribution in [3.8, 4) is 5.75 Å². The molecule has 190 valence electrons. The number of morpholine rings is 1. The van der Waals surface area contributed by atoms with Crippen molar-refractivity contribution >= 4 is 40.9 Å². The van der Waals surface area contributed by atoms with Gasteiger partial charge in [-0.05, 0) is 50.6 Å². The first-order valence-electron chi connectivity index (χ1n) is 11.3. The lowest BCUT2D eigenvalue weighted by Gasteiger charge is -2.33. The fourth-order valence-electron chi connectivity index (χ4n) is 3.46. The Labute approximate surface area is 215 Å². The van der Waals surface area contributed by atoms with E-state index in [2.05, 4.69) is 15.5 Å². The molecule has 1 heterocycles. The lowest BCUT2D eigenvalue weighted by atomic mass is 10.2. The first-order chi connectivity index (χ1) is 16.6. The van der Waals surface area contributed by atoms with Crippen molar-refractivity contribution in [3.05, 3.63) is 58.1 Å². The van der Waals surface area contributed by atoms with E-state index >= 15 is 0 Å². The highest BCUT2D eigenvalue weighted by Crippen LogP contribution is 2.24. The van der Waals surface area contributed by atoms with Gasteiger partial charge in [-0.2, -0.15) is 0 Å². The summed E-state index contributed by atoms with van der Waals surface area (Å²) in [6.07, 6.45) is -0.690. The minimum absolute atomic E-state index is 0.128. The van der Waals surface area contributed by atoms with Crippen LogP contribution < -0.4 is 15.4 Å². The molecule has 0 radical (unpaired) electrons. The van der Waals surface area contributed by atoms with E-state index in [9.17, 15) is 9.59 Å². The van der Waals surface area contributed by atoms with E-state index in [4.69, 9.17) is 37.4 Å². The summed E-state index contributed by atoms with van der Waals surface area (Å²) in [5.41, 5.74) is 0.981. The third kappa shape index (κ3) is 9.57. The summed E-state index contributed by atoms with van der Waals surface area (Å²) in [7, 11) is 0. The van der Waals surface area contributed by atoms with E-state index in [1.165, 1.54) is 0 Å². The molecule has 2 aromatic rings. The number of nitrogens with one attached hydrogen (secondary N) is 2. The Bertz CT molecular complexity index is 1030. The van der Waals surface area contributed by atoms with Crippen molar-refractivity contribution in [1.82, 2.24) is 10.2 Å². The third-order valence-corrected chi connectivity index (χ3v) is 5.73. The molecule has 0 saturated carbocycles. The van der Waals surface area contributed by atoms with Crippen LogP contribution in [0.5, 0.6) is 5.75 Å². The fraction of sp³-hybridized carbons (Fsp3) is 0.440. The molecule has 10 heteroatoms. The molecular weight excluding hydrogens is 493 g/mol. The van der Waals surface area contributed by atoms with Crippen LogP contribution in [0, 0.1) is 0 Å². The van der Waals surface area contributed by atoms with Crippen LogP contribution in [0.3, 0.4) is 0 Å². The summed E-state index contributed by atoms with van der Waals surface area (Å²) in [6.45, 7) is 8.36. The number of hydrogen-bond acceptors (Lipinski definition) is 6. The Kier molecular flexibility index (Phi) is 9.63. The van der Waals surface area contributed by atoms with Gasteiger partial charge in [0.2, 0.25) is 0 Å². The summed E-state index contributed by atoms with van der Waals surface area (Å²) in [4.78, 5) is 26.5. The zero-order valence-corrected chi connectivity index (χ0v) is 21.6. The molecular formula is C25H31Cl2N3O5. The molecule has 0 aromatic heterocycles. The molecule has 35 heavy (non-hydrogen) atoms. The quantitative estimate of drug-likeness (QED) is 0.519. The molecule has 0 bridgehead atoms. The molecule has 1 aliphatic heterocycles. The van der Waals surface area contributed by atoms with Crippen molar-refractivity contribution in [1.29, 1.82) is 0 Å². The van der Waals surface area contributed by atoms with Crippen molar-refractivity contribution in [2.75, 3.05) is 38.2 Å². The van der Waals surface area contributed by atoms with Crippen LogP contribution in [0.15, 0.2) is 42.5 Å². The van der Waals surface area contributed by atoms with Crippen LogP contribution in [-0.2, 0) is 20.8 Å². The van der Waals surface area contributed by atoms with E-state index in [-0.39, 0.29) is 18.6 Å². The smallest absolute Gasteiger partial charge is 0.412 e. The Hall–Kier alpha value is -2.52. The number of hydrogen-bond donors (Lipinski definition) is 2. The van der Waals surface area contributed by atoms with Gasteiger partial charge in [0.15, 0.2) is 6.61 Å². The zero-order chi connectivity index (χ0) is 25.4. The lowest BCUT2D eigenvalue weighted by molar-refractivity contribution is -0.124. The van der Waals surface area contributed by atoms with Gasteiger partial charge in [0.1, 0.15) is 11.4 Å². The maximum Gasteiger partial charge on any atom is 0.412 e. The SMILES string of the molecule is CC(C)(C)OC(=O)Nc1cccc(OCC(=O)NCC2CN(Cc3ccc(Cl)c(Cl)c3)CCO2)c1. The highest BCUT2D eigenvalue weighted by Gasteiger charge is 2.21. The number of benzene rings is 2. The van der Waals surface area contributed by atoms with Gasteiger partial charge >= 0.3 is 6.09 Å². The Morgan fingerprint density at radius 1 is 1.14 bits per heavy atom. The van der Waals surface area contributed by atoms with Crippen molar-refractivity contribution in [3.63, 3.8) is 0 Å². The van der Waals surface area contributed by atoms with Crippen LogP contribution in [-0.4, -0.2) is 61.5 Å². The molecule has 2 amide bonds. The van der Waals surface area contributed by atoms with Gasteiger partial charge in [-0.3, -0.25) is 15.0 Å². The maximum atomic E-state index is 12.3. The average molecular weight is 524 g/mol. The van der Waals surface area contributed by atoms with Crippen LogP contribution >= 0.6 is 23.2 Å². The number of carbonyl (C=O) groups is 2. The molecule has 8 nitrogen and oxygen atoms in total. The van der Waals surface area contributed by atoms with E-state index in [0.717, 1.165) is 18.7 Å². The van der Waals surface area contributed by atoms with Crippen molar-refractivity contribution in [2.45, 2.75) is 39.0 Å². The van der Waals surface area contributed by atoms with Crippen LogP contribution in [0.25, 0.3) is 0 Å². The molecule has 1 fully saturated rings. The molecule has 1 atom stereocenters. The predicted octanol–water partition coefficient (Wildman–Crippen LogP) is 4.74. The minimum atomic E-state index is -0.598. The van der Waals surface area contributed by atoms with E-state index in [0.29, 0.717) is 41.2 Å². The topological polar surface area (TPSA) is 89.1 Å². The molecule has 2 aromatic carbocycles. The number of anilines is 1. The van der Waals surface area contributed by atoms with Crippen molar-refractivity contribution in [2.24, 2.45) is 0 Å². The first kappa shape index (κ1) is 27.1. The average Bonchev–Trinajstić information content (AvgIpc) is 2.78. The number of ether oxygens (including phenoxy) is 3. The first-order valence-corrected chi connectivity index (χ1v) is 12.1. The Morgan fingerprint density at radius 2 is 1.94 bits per heavy atom. The molecule has 0 aliphatic carbocycles. The number of rotatable bonds is 8. The molecule has 3 rings (SSSR count). The molecule has 1 aliphatic rings. The van der Waals surface area contributed by atoms with E-state index < -0.39 is 11.7 Å². The monoisotopic (exact) mass is 523 g/mol. The van der Waals surface area contributed by atoms with Gasteiger partial charge in [-0.25, -0.2) is 4.79 Å². The van der Waals surface area contributed by atoms with Gasteiger partial charge in [-0.1, -0.05) is 35.3 Å². The van der Waals surface area contributed by atoms with Gasteiger partial charge in [0, 0.05) is 37.9 Å². The standard InChI is InChI=1S/C25H31Cl2N3O5/c1-25(2,3)35-24(32)29-18-5-4-6-19(12-18)34-16-23(31)28-13-20-15-30(9-10-33-20)14-17-7-8-21(26)22(27)11-17/h4-8,11-12,20H,9-10,13-16H2,1-3H3,(H,28,31)(H,29,32). The summed E-state index contributed by atoms with van der Waals surface area (Å²) < 4.78 is 16.6. The third-order valence-electron chi connectivity index (χ3n) is 4.99. The van der Waals surface area contributed by atoms with E-state index in [1.807, 2.05) is 12.1 Å². The molecule has 2 N–H and O–H groups in total. The largest absolute Gasteiger partial charge is 0.484 e. The Morgan fingerprint density at radius 3 is 2.69 bits per heavy atom. The number of amides is 2. The molecule has 1 saturated heterocycles. The fourth-order valence-corrected chi connectivity index (χ4v) is 3.78. The van der Waals surface area contributed by atoms with Gasteiger partial charge in [0.05, 0.1) is 22.8 Å². The van der Waals surface area contributed by atoms with Gasteiger partial charge in [-0.15, -0.1) is 0 Å². The second-order valence-electron chi connectivity index (χ2n) is 9.22. The van der Waals surface area contributed by atoms with Crippen LogP contribution in [0.2, 0.25) is 10.0 Å². The molecule has 1 unspecified atom stereocenters. The predicted molar refractivity (Wildman–Crippen MR) is 136 cm³/mol. The van der Waals surface area contributed by atoms with Crippen LogP contribution in [0.4, 0.5) is 10.5 Å². The van der Waals surface area contributed by atoms with Gasteiger partial charge in [0.25, 0.3) is 5.91 Å². The second kappa shape index (κ2) is 12.4. The van der Waals surface area contributed by atoms with Gasteiger partial charge < -0.3 is 19.5 Å². The highest BCUT2D eigenvalue weighted by atomic mass is 35.5. The summed E-state index contributed by atoms with van der Waals surface area (Å²) in [5.74, 6) is 0.191. The summed E-state index contributed by atoms with van der Waals surface area (Å²) in [6, 6.07) is 12.4. The van der Waals surface area contributed by atoms with Crippen molar-refractivity contribution < 1.29 is 23.8 Å². The second-order valence-corrected chi connectivity index (χ2v) is 10.0. The normalized spacial score (nSPS) is 16.4. The maximum absolute atomic E-state index is 12.3. The number of nitrogens with zero attached hydrogens (tertiary/aromatic N) is 1. The summed E-state index contributed by atoms with van der Waals surface area (Å²) in [5, 5.41) is 6.57. The number of carbonyl (C=O) groups excluding carboxylic acids is 2. The molecule has 0 spiro atoms. The zero-order valence-electron chi connectivity index (χ0n) is 20.1. The lowest BCUT2D eigenvalue weighted by Crippen LogP contribution is -2.47. The Balaban J connectivity index is 1.40. The minimum Gasteiger partial charge on any atom is -0.484 e. The van der Waals surface area contributed by atoms with Crippen LogP contribution in [0.1, 0.15) is 26.3 Å². The number of halogens is 2. The van der Waals surface area contributed by atoms with E-state index in [1.54, 1.807) is 51.1 Å². The summed E-state index contributed by atoms with van der Waals surface area (Å²) >= 11 is 12.1.